The first-order chi connectivity index (χ1) is 8.79. The molecule has 0 aliphatic carbocycles. The van der Waals surface area contributed by atoms with Crippen LogP contribution in [0.2, 0.25) is 0 Å². The minimum Gasteiger partial charge on any atom is -0.398 e. The summed E-state index contributed by atoms with van der Waals surface area (Å²) in [6, 6.07) is 9.74. The number of anilines is 1. The maximum Gasteiger partial charge on any atom is 0.416 e. The van der Waals surface area contributed by atoms with Gasteiger partial charge >= 0.3 is 6.18 Å². The Labute approximate surface area is 117 Å². The van der Waals surface area contributed by atoms with Gasteiger partial charge in [-0.2, -0.15) is 13.2 Å². The van der Waals surface area contributed by atoms with E-state index in [-0.39, 0.29) is 11.3 Å². The van der Waals surface area contributed by atoms with Crippen LogP contribution in [-0.2, 0) is 6.18 Å². The normalized spacial score (nSPS) is 11.6. The van der Waals surface area contributed by atoms with Gasteiger partial charge < -0.3 is 5.73 Å². The molecule has 0 saturated heterocycles. The minimum atomic E-state index is -4.40. The Morgan fingerprint density at radius 2 is 1.58 bits per heavy atom. The lowest BCUT2D eigenvalue weighted by Gasteiger charge is -2.14. The van der Waals surface area contributed by atoms with Gasteiger partial charge in [-0.05, 0) is 47.9 Å². The first-order valence-corrected chi connectivity index (χ1v) is 6.31. The number of halogens is 4. The second kappa shape index (κ2) is 4.89. The third-order valence-electron chi connectivity index (χ3n) is 2.93. The molecule has 0 aromatic heterocycles. The third kappa shape index (κ3) is 2.92. The highest BCUT2D eigenvalue weighted by molar-refractivity contribution is 9.10. The van der Waals surface area contributed by atoms with Gasteiger partial charge in [-0.3, -0.25) is 0 Å². The molecule has 19 heavy (non-hydrogen) atoms. The summed E-state index contributed by atoms with van der Waals surface area (Å²) >= 11 is 3.29. The monoisotopic (exact) mass is 329 g/mol. The quantitative estimate of drug-likeness (QED) is 0.730. The van der Waals surface area contributed by atoms with Crippen molar-refractivity contribution >= 4 is 21.6 Å². The molecule has 1 nitrogen and oxygen atoms in total. The molecule has 0 saturated carbocycles. The van der Waals surface area contributed by atoms with E-state index in [9.17, 15) is 13.2 Å². The predicted molar refractivity (Wildman–Crippen MR) is 73.7 cm³/mol. The zero-order valence-corrected chi connectivity index (χ0v) is 11.6. The predicted octanol–water partition coefficient (Wildman–Crippen LogP) is 5.03. The summed E-state index contributed by atoms with van der Waals surface area (Å²) in [6.45, 7) is 1.38. The van der Waals surface area contributed by atoms with E-state index in [0.717, 1.165) is 10.5 Å². The largest absolute Gasteiger partial charge is 0.416 e. The zero-order valence-electron chi connectivity index (χ0n) is 10.1. The average molecular weight is 330 g/mol. The van der Waals surface area contributed by atoms with Crippen molar-refractivity contribution in [1.82, 2.24) is 0 Å². The van der Waals surface area contributed by atoms with E-state index in [2.05, 4.69) is 15.9 Å². The first kappa shape index (κ1) is 13.9. The number of nitrogens with two attached hydrogens (primary N) is 1. The van der Waals surface area contributed by atoms with Crippen molar-refractivity contribution in [2.75, 3.05) is 5.73 Å². The van der Waals surface area contributed by atoms with Gasteiger partial charge in [0, 0.05) is 10.2 Å². The lowest BCUT2D eigenvalue weighted by atomic mass is 9.98. The molecule has 0 unspecified atom stereocenters. The third-order valence-corrected chi connectivity index (χ3v) is 3.46. The fraction of sp³-hybridized carbons (Fsp3) is 0.143. The van der Waals surface area contributed by atoms with Crippen LogP contribution in [0.4, 0.5) is 18.9 Å². The topological polar surface area (TPSA) is 26.0 Å². The lowest BCUT2D eigenvalue weighted by molar-refractivity contribution is -0.137. The molecule has 0 radical (unpaired) electrons. The van der Waals surface area contributed by atoms with Gasteiger partial charge in [-0.25, -0.2) is 0 Å². The van der Waals surface area contributed by atoms with Crippen LogP contribution in [-0.4, -0.2) is 0 Å². The summed E-state index contributed by atoms with van der Waals surface area (Å²) < 4.78 is 39.6. The van der Waals surface area contributed by atoms with E-state index in [1.54, 1.807) is 30.3 Å². The molecule has 0 atom stereocenters. The number of nitrogen functional groups attached to an aromatic ring is 1. The first-order valence-electron chi connectivity index (χ1n) is 5.52. The molecule has 0 heterocycles. The van der Waals surface area contributed by atoms with E-state index >= 15 is 0 Å². The minimum absolute atomic E-state index is 0.0633. The van der Waals surface area contributed by atoms with Crippen molar-refractivity contribution in [3.8, 4) is 11.1 Å². The maximum atomic E-state index is 12.9. The van der Waals surface area contributed by atoms with Crippen LogP contribution < -0.4 is 5.73 Å². The standard InChI is InChI=1S/C14H11BrF3N/c1-8-12(14(16,17)18)6-10(7-13(8)19)9-2-4-11(15)5-3-9/h2-7H,19H2,1H3. The van der Waals surface area contributed by atoms with Crippen LogP contribution in [0, 0.1) is 6.92 Å². The summed E-state index contributed by atoms with van der Waals surface area (Å²) in [5.74, 6) is 0. The molecule has 5 heteroatoms. The molecule has 100 valence electrons. The van der Waals surface area contributed by atoms with Crippen molar-refractivity contribution in [3.05, 3.63) is 52.0 Å². The van der Waals surface area contributed by atoms with Crippen molar-refractivity contribution in [2.24, 2.45) is 0 Å². The average Bonchev–Trinajstić information content (AvgIpc) is 2.32. The summed E-state index contributed by atoms with van der Waals surface area (Å²) in [5.41, 5.74) is 6.35. The van der Waals surface area contributed by atoms with Crippen molar-refractivity contribution in [1.29, 1.82) is 0 Å². The van der Waals surface area contributed by atoms with Crippen LogP contribution >= 0.6 is 15.9 Å². The van der Waals surface area contributed by atoms with E-state index in [4.69, 9.17) is 5.73 Å². The van der Waals surface area contributed by atoms with E-state index in [1.165, 1.54) is 6.92 Å². The van der Waals surface area contributed by atoms with Gasteiger partial charge in [0.25, 0.3) is 0 Å². The second-order valence-electron chi connectivity index (χ2n) is 4.24. The summed E-state index contributed by atoms with van der Waals surface area (Å²) in [7, 11) is 0. The number of hydrogen-bond donors (Lipinski definition) is 1. The molecule has 2 aromatic rings. The van der Waals surface area contributed by atoms with Crippen LogP contribution in [0.5, 0.6) is 0 Å². The molecular formula is C14H11BrF3N. The highest BCUT2D eigenvalue weighted by Gasteiger charge is 2.33. The molecule has 2 aromatic carbocycles. The highest BCUT2D eigenvalue weighted by Crippen LogP contribution is 2.37. The molecule has 0 bridgehead atoms. The Balaban J connectivity index is 2.60. The Morgan fingerprint density at radius 3 is 2.11 bits per heavy atom. The van der Waals surface area contributed by atoms with Gasteiger partial charge in [-0.1, -0.05) is 28.1 Å². The summed E-state index contributed by atoms with van der Waals surface area (Å²) in [5, 5.41) is 0. The number of hydrogen-bond acceptors (Lipinski definition) is 1. The Hall–Kier alpha value is -1.49. The molecule has 2 rings (SSSR count). The SMILES string of the molecule is Cc1c(N)cc(-c2ccc(Br)cc2)cc1C(F)(F)F. The Bertz CT molecular complexity index is 603. The number of benzene rings is 2. The molecule has 0 spiro atoms. The summed E-state index contributed by atoms with van der Waals surface area (Å²) in [6.07, 6.45) is -4.40. The molecular weight excluding hydrogens is 319 g/mol. The Morgan fingerprint density at radius 1 is 1.00 bits per heavy atom. The van der Waals surface area contributed by atoms with Gasteiger partial charge in [0.2, 0.25) is 0 Å². The maximum absolute atomic E-state index is 12.9. The molecule has 0 aliphatic heterocycles. The molecule has 0 fully saturated rings. The van der Waals surface area contributed by atoms with Crippen LogP contribution in [0.15, 0.2) is 40.9 Å². The van der Waals surface area contributed by atoms with Gasteiger partial charge in [0.05, 0.1) is 5.56 Å². The summed E-state index contributed by atoms with van der Waals surface area (Å²) in [4.78, 5) is 0. The van der Waals surface area contributed by atoms with Gasteiger partial charge in [0.1, 0.15) is 0 Å². The van der Waals surface area contributed by atoms with E-state index < -0.39 is 11.7 Å². The Kier molecular flexibility index (Phi) is 3.58. The highest BCUT2D eigenvalue weighted by atomic mass is 79.9. The molecule has 0 aliphatic rings. The van der Waals surface area contributed by atoms with Crippen LogP contribution in [0.25, 0.3) is 11.1 Å². The zero-order chi connectivity index (χ0) is 14.2. The van der Waals surface area contributed by atoms with Crippen molar-refractivity contribution in [3.63, 3.8) is 0 Å². The fourth-order valence-corrected chi connectivity index (χ4v) is 2.10. The van der Waals surface area contributed by atoms with Crippen molar-refractivity contribution < 1.29 is 13.2 Å². The van der Waals surface area contributed by atoms with E-state index in [1.807, 2.05) is 0 Å². The smallest absolute Gasteiger partial charge is 0.398 e. The van der Waals surface area contributed by atoms with Crippen LogP contribution in [0.3, 0.4) is 0 Å². The number of rotatable bonds is 1. The molecule has 2 N–H and O–H groups in total. The van der Waals surface area contributed by atoms with E-state index in [0.29, 0.717) is 11.1 Å². The van der Waals surface area contributed by atoms with Gasteiger partial charge in [-0.15, -0.1) is 0 Å². The van der Waals surface area contributed by atoms with Crippen molar-refractivity contribution in [2.45, 2.75) is 13.1 Å². The van der Waals surface area contributed by atoms with Gasteiger partial charge in [0.15, 0.2) is 0 Å². The molecule has 0 amide bonds. The fourth-order valence-electron chi connectivity index (χ4n) is 1.84. The lowest BCUT2D eigenvalue weighted by Crippen LogP contribution is -2.09. The van der Waals surface area contributed by atoms with Crippen LogP contribution in [0.1, 0.15) is 11.1 Å². The second-order valence-corrected chi connectivity index (χ2v) is 5.16. The number of alkyl halides is 3.